The molecule has 0 unspecified atom stereocenters. The van der Waals surface area contributed by atoms with Gasteiger partial charge in [0, 0.05) is 6.07 Å². The summed E-state index contributed by atoms with van der Waals surface area (Å²) in [6, 6.07) is 23.4. The van der Waals surface area contributed by atoms with Crippen molar-refractivity contribution in [1.29, 1.82) is 0 Å². The van der Waals surface area contributed by atoms with Gasteiger partial charge in [0.15, 0.2) is 23.0 Å². The van der Waals surface area contributed by atoms with Crippen molar-refractivity contribution in [3.63, 3.8) is 0 Å². The number of ether oxygens (including phenoxy) is 6. The fourth-order valence-corrected chi connectivity index (χ4v) is 4.65. The molecule has 1 aliphatic rings. The van der Waals surface area contributed by atoms with Crippen LogP contribution < -0.4 is 28.4 Å². The van der Waals surface area contributed by atoms with Crippen LogP contribution in [0.15, 0.2) is 72.8 Å². The van der Waals surface area contributed by atoms with E-state index in [0.717, 1.165) is 53.2 Å². The Labute approximate surface area is 228 Å². The summed E-state index contributed by atoms with van der Waals surface area (Å²) in [6.07, 6.45) is 3.08. The van der Waals surface area contributed by atoms with Crippen LogP contribution in [0.4, 0.5) is 0 Å². The lowest BCUT2D eigenvalue weighted by molar-refractivity contribution is 0.174. The van der Waals surface area contributed by atoms with Crippen molar-refractivity contribution >= 4 is 0 Å². The molecule has 4 aromatic rings. The van der Waals surface area contributed by atoms with E-state index in [0.29, 0.717) is 23.7 Å². The Morgan fingerprint density at radius 2 is 1.28 bits per heavy atom. The highest BCUT2D eigenvalue weighted by Gasteiger charge is 2.16. The summed E-state index contributed by atoms with van der Waals surface area (Å²) >= 11 is 0. The van der Waals surface area contributed by atoms with Crippen LogP contribution in [0.2, 0.25) is 0 Å². The van der Waals surface area contributed by atoms with Crippen molar-refractivity contribution in [2.24, 2.45) is 0 Å². The van der Waals surface area contributed by atoms with Gasteiger partial charge in [0.2, 0.25) is 12.5 Å². The molecule has 0 atom stereocenters. The highest BCUT2D eigenvalue weighted by Crippen LogP contribution is 2.41. The van der Waals surface area contributed by atoms with Gasteiger partial charge in [-0.1, -0.05) is 18.2 Å². The topological polar surface area (TPSA) is 75.6 Å². The third kappa shape index (κ3) is 6.32. The molecule has 1 heterocycles. The zero-order valence-electron chi connectivity index (χ0n) is 22.4. The third-order valence-electron chi connectivity index (χ3n) is 6.68. The molecule has 5 rings (SSSR count). The number of phenolic OH excluding ortho intramolecular Hbond substituents is 1. The van der Waals surface area contributed by atoms with Crippen molar-refractivity contribution in [3.05, 3.63) is 95.1 Å². The molecule has 4 aromatic carbocycles. The largest absolute Gasteiger partial charge is 0.504 e. The Balaban J connectivity index is 1.34. The van der Waals surface area contributed by atoms with E-state index in [1.54, 1.807) is 20.3 Å². The molecule has 0 fully saturated rings. The van der Waals surface area contributed by atoms with Crippen molar-refractivity contribution in [2.75, 3.05) is 28.1 Å². The maximum Gasteiger partial charge on any atom is 0.231 e. The normalized spacial score (nSPS) is 11.8. The first-order chi connectivity index (χ1) is 19.0. The van der Waals surface area contributed by atoms with Crippen molar-refractivity contribution in [3.8, 4) is 46.0 Å². The molecule has 39 heavy (non-hydrogen) atoms. The summed E-state index contributed by atoms with van der Waals surface area (Å²) in [5.41, 5.74) is 4.28. The smallest absolute Gasteiger partial charge is 0.231 e. The van der Waals surface area contributed by atoms with Crippen molar-refractivity contribution in [1.82, 2.24) is 0 Å². The average molecular weight is 529 g/mol. The summed E-state index contributed by atoms with van der Waals surface area (Å²) in [5.74, 6) is 4.39. The number of phenols is 1. The number of aromatic hydroxyl groups is 1. The van der Waals surface area contributed by atoms with Gasteiger partial charge in [-0.15, -0.1) is 0 Å². The Bertz CT molecular complexity index is 1450. The van der Waals surface area contributed by atoms with Crippen LogP contribution in [0.5, 0.6) is 46.0 Å². The quantitative estimate of drug-likeness (QED) is 0.238. The molecule has 0 aromatic heterocycles. The van der Waals surface area contributed by atoms with Crippen LogP contribution in [0.25, 0.3) is 0 Å². The van der Waals surface area contributed by atoms with E-state index in [2.05, 4.69) is 6.07 Å². The van der Waals surface area contributed by atoms with Crippen LogP contribution in [-0.4, -0.2) is 33.2 Å². The second-order valence-corrected chi connectivity index (χ2v) is 9.30. The average Bonchev–Trinajstić information content (AvgIpc) is 3.43. The summed E-state index contributed by atoms with van der Waals surface area (Å²) in [5, 5.41) is 10.7. The lowest BCUT2D eigenvalue weighted by atomic mass is 10.0. The van der Waals surface area contributed by atoms with Crippen molar-refractivity contribution < 1.29 is 33.5 Å². The standard InChI is InChI=1S/C32H32O7/c1-34-25-6-4-5-21(13-25)7-9-23-14-26(35-2)19-27(15-23)39-31-18-24(16-28(33)32(31)36-3)10-8-22-11-12-29-30(17-22)38-20-37-29/h4-6,11-19,33H,7-10,20H2,1-3H3. The predicted octanol–water partition coefficient (Wildman–Crippen LogP) is 6.51. The van der Waals surface area contributed by atoms with E-state index in [4.69, 9.17) is 28.4 Å². The van der Waals surface area contributed by atoms with Gasteiger partial charge in [-0.25, -0.2) is 0 Å². The fourth-order valence-electron chi connectivity index (χ4n) is 4.65. The van der Waals surface area contributed by atoms with Crippen LogP contribution in [0, 0.1) is 0 Å². The van der Waals surface area contributed by atoms with Crippen molar-refractivity contribution in [2.45, 2.75) is 25.7 Å². The molecule has 0 saturated heterocycles. The molecular formula is C32H32O7. The minimum absolute atomic E-state index is 0.0248. The number of rotatable bonds is 11. The maximum absolute atomic E-state index is 10.7. The lowest BCUT2D eigenvalue weighted by Gasteiger charge is -2.15. The molecule has 0 bridgehead atoms. The predicted molar refractivity (Wildman–Crippen MR) is 148 cm³/mol. The highest BCUT2D eigenvalue weighted by atomic mass is 16.7. The second-order valence-electron chi connectivity index (χ2n) is 9.30. The number of hydrogen-bond donors (Lipinski definition) is 1. The zero-order chi connectivity index (χ0) is 27.2. The molecule has 1 aliphatic heterocycles. The monoisotopic (exact) mass is 528 g/mol. The summed E-state index contributed by atoms with van der Waals surface area (Å²) < 4.78 is 33.6. The Hall–Kier alpha value is -4.52. The Morgan fingerprint density at radius 3 is 2.05 bits per heavy atom. The van der Waals surface area contributed by atoms with Gasteiger partial charge in [-0.05, 0) is 96.5 Å². The maximum atomic E-state index is 10.7. The number of fused-ring (bicyclic) bond motifs is 1. The van der Waals surface area contributed by atoms with Gasteiger partial charge in [-0.2, -0.15) is 0 Å². The Morgan fingerprint density at radius 1 is 0.615 bits per heavy atom. The van der Waals surface area contributed by atoms with Gasteiger partial charge in [0.1, 0.15) is 17.2 Å². The molecule has 0 spiro atoms. The lowest BCUT2D eigenvalue weighted by Crippen LogP contribution is -1.98. The van der Waals surface area contributed by atoms with Crippen LogP contribution in [-0.2, 0) is 25.7 Å². The van der Waals surface area contributed by atoms with E-state index in [9.17, 15) is 5.11 Å². The zero-order valence-corrected chi connectivity index (χ0v) is 22.4. The SMILES string of the molecule is COc1cccc(CCc2cc(OC)cc(Oc3cc(CCc4ccc5c(c4)OCO5)cc(O)c3OC)c2)c1. The van der Waals surface area contributed by atoms with E-state index < -0.39 is 0 Å². The molecule has 0 aliphatic carbocycles. The first-order valence-electron chi connectivity index (χ1n) is 12.8. The van der Waals surface area contributed by atoms with E-state index >= 15 is 0 Å². The molecule has 7 heteroatoms. The van der Waals surface area contributed by atoms with Gasteiger partial charge in [-0.3, -0.25) is 0 Å². The number of aryl methyl sites for hydroxylation is 4. The van der Waals surface area contributed by atoms with Gasteiger partial charge >= 0.3 is 0 Å². The number of benzene rings is 4. The molecular weight excluding hydrogens is 496 g/mol. The second kappa shape index (κ2) is 11.9. The molecule has 0 amide bonds. The molecule has 0 saturated carbocycles. The first kappa shape index (κ1) is 26.1. The number of hydrogen-bond acceptors (Lipinski definition) is 7. The summed E-state index contributed by atoms with van der Waals surface area (Å²) in [7, 11) is 4.82. The van der Waals surface area contributed by atoms with Gasteiger partial charge in [0.05, 0.1) is 21.3 Å². The van der Waals surface area contributed by atoms with Gasteiger partial charge < -0.3 is 33.5 Å². The molecule has 7 nitrogen and oxygen atoms in total. The van der Waals surface area contributed by atoms with E-state index in [1.165, 1.54) is 12.7 Å². The van der Waals surface area contributed by atoms with E-state index in [-0.39, 0.29) is 18.3 Å². The molecule has 202 valence electrons. The third-order valence-corrected chi connectivity index (χ3v) is 6.68. The van der Waals surface area contributed by atoms with Crippen LogP contribution in [0.3, 0.4) is 0 Å². The first-order valence-corrected chi connectivity index (χ1v) is 12.8. The summed E-state index contributed by atoms with van der Waals surface area (Å²) in [6.45, 7) is 0.249. The number of methoxy groups -OCH3 is 3. The van der Waals surface area contributed by atoms with Gasteiger partial charge in [0.25, 0.3) is 0 Å². The van der Waals surface area contributed by atoms with E-state index in [1.807, 2.05) is 60.7 Å². The van der Waals surface area contributed by atoms with Crippen LogP contribution >= 0.6 is 0 Å². The minimum Gasteiger partial charge on any atom is -0.504 e. The highest BCUT2D eigenvalue weighted by molar-refractivity contribution is 5.55. The fraction of sp³-hybridized carbons (Fsp3) is 0.250. The molecule has 1 N–H and O–H groups in total. The minimum atomic E-state index is 0.0248. The Kier molecular flexibility index (Phi) is 7.96. The molecule has 0 radical (unpaired) electrons. The van der Waals surface area contributed by atoms with Crippen LogP contribution in [0.1, 0.15) is 22.3 Å². The summed E-state index contributed by atoms with van der Waals surface area (Å²) in [4.78, 5) is 0.